The minimum absolute atomic E-state index is 0.307. The summed E-state index contributed by atoms with van der Waals surface area (Å²) in [6, 6.07) is 8.81. The maximum Gasteiger partial charge on any atom is 0.150 e. The Kier molecular flexibility index (Phi) is 2.86. The molecule has 1 N–H and O–H groups in total. The van der Waals surface area contributed by atoms with Gasteiger partial charge in [0.05, 0.1) is 24.8 Å². The Hall–Kier alpha value is -1.57. The molecule has 0 bridgehead atoms. The van der Waals surface area contributed by atoms with Crippen LogP contribution < -0.4 is 4.74 Å². The van der Waals surface area contributed by atoms with Crippen LogP contribution in [0.5, 0.6) is 5.75 Å². The van der Waals surface area contributed by atoms with Crippen LogP contribution in [0.4, 0.5) is 0 Å². The highest BCUT2D eigenvalue weighted by Gasteiger charge is 2.27. The van der Waals surface area contributed by atoms with Crippen molar-refractivity contribution in [3.05, 3.63) is 29.8 Å². The van der Waals surface area contributed by atoms with Crippen molar-refractivity contribution < 1.29 is 14.6 Å². The number of aliphatic hydroxyl groups excluding tert-OH is 1. The summed E-state index contributed by atoms with van der Waals surface area (Å²) in [5.74, 6) is 0.642. The number of aliphatic hydroxyl groups is 1. The van der Waals surface area contributed by atoms with Crippen LogP contribution >= 0.6 is 0 Å². The highest BCUT2D eigenvalue weighted by Crippen LogP contribution is 2.17. The molecule has 78 valence electrons. The molecule has 0 aliphatic carbocycles. The summed E-state index contributed by atoms with van der Waals surface area (Å²) in [6.45, 7) is 0.724. The van der Waals surface area contributed by atoms with E-state index in [1.807, 2.05) is 6.07 Å². The number of hydrogen-bond donors (Lipinski definition) is 1. The second-order valence-corrected chi connectivity index (χ2v) is 3.40. The predicted octanol–water partition coefficient (Wildman–Crippen LogP) is 0.697. The zero-order valence-electron chi connectivity index (χ0n) is 8.09. The summed E-state index contributed by atoms with van der Waals surface area (Å²) in [4.78, 5) is 0. The topological polar surface area (TPSA) is 62.5 Å². The summed E-state index contributed by atoms with van der Waals surface area (Å²) in [5.41, 5.74) is 0.588. The molecule has 0 amide bonds. The third kappa shape index (κ3) is 2.27. The van der Waals surface area contributed by atoms with Crippen molar-refractivity contribution in [1.82, 2.24) is 0 Å². The minimum atomic E-state index is -0.569. The van der Waals surface area contributed by atoms with Crippen LogP contribution in [-0.2, 0) is 4.74 Å². The van der Waals surface area contributed by atoms with Gasteiger partial charge in [-0.2, -0.15) is 5.26 Å². The normalized spacial score (nSPS) is 24.8. The molecule has 1 aliphatic rings. The van der Waals surface area contributed by atoms with E-state index in [4.69, 9.17) is 14.7 Å². The lowest BCUT2D eigenvalue weighted by Crippen LogP contribution is -2.29. The van der Waals surface area contributed by atoms with Gasteiger partial charge in [-0.05, 0) is 24.3 Å². The number of nitrogens with zero attached hydrogens (tertiary/aromatic N) is 1. The number of benzene rings is 1. The van der Waals surface area contributed by atoms with Gasteiger partial charge in [0.2, 0.25) is 0 Å². The van der Waals surface area contributed by atoms with E-state index in [1.54, 1.807) is 24.3 Å². The van der Waals surface area contributed by atoms with Crippen molar-refractivity contribution in [2.24, 2.45) is 0 Å². The molecule has 1 fully saturated rings. The summed E-state index contributed by atoms with van der Waals surface area (Å²) >= 11 is 0. The molecule has 1 aromatic rings. The van der Waals surface area contributed by atoms with E-state index in [0.717, 1.165) is 0 Å². The number of rotatable bonds is 2. The van der Waals surface area contributed by atoms with E-state index in [9.17, 15) is 5.11 Å². The Bertz CT molecular complexity index is 368. The number of ether oxygens (including phenoxy) is 2. The third-order valence-corrected chi connectivity index (χ3v) is 2.27. The van der Waals surface area contributed by atoms with Crippen molar-refractivity contribution in [2.75, 3.05) is 13.2 Å². The minimum Gasteiger partial charge on any atom is -0.485 e. The van der Waals surface area contributed by atoms with Crippen LogP contribution in [0.25, 0.3) is 0 Å². The molecule has 1 saturated heterocycles. The molecule has 4 nitrogen and oxygen atoms in total. The lowest BCUT2D eigenvalue weighted by atomic mass is 10.2. The van der Waals surface area contributed by atoms with Crippen molar-refractivity contribution >= 4 is 0 Å². The van der Waals surface area contributed by atoms with Crippen molar-refractivity contribution in [2.45, 2.75) is 12.2 Å². The lowest BCUT2D eigenvalue weighted by molar-refractivity contribution is 0.0733. The van der Waals surface area contributed by atoms with E-state index in [1.165, 1.54) is 0 Å². The Morgan fingerprint density at radius 1 is 1.33 bits per heavy atom. The first-order valence-electron chi connectivity index (χ1n) is 4.72. The van der Waals surface area contributed by atoms with Crippen molar-refractivity contribution in [3.63, 3.8) is 0 Å². The molecule has 2 rings (SSSR count). The quantitative estimate of drug-likeness (QED) is 0.771. The average Bonchev–Trinajstić information content (AvgIpc) is 2.66. The summed E-state index contributed by atoms with van der Waals surface area (Å²) in [6.07, 6.45) is -0.876. The van der Waals surface area contributed by atoms with E-state index in [0.29, 0.717) is 24.5 Å². The first kappa shape index (κ1) is 9.97. The summed E-state index contributed by atoms with van der Waals surface area (Å²) in [5, 5.41) is 18.1. The van der Waals surface area contributed by atoms with Gasteiger partial charge in [0.15, 0.2) is 0 Å². The predicted molar refractivity (Wildman–Crippen MR) is 52.4 cm³/mol. The fourth-order valence-electron chi connectivity index (χ4n) is 1.42. The largest absolute Gasteiger partial charge is 0.485 e. The fourth-order valence-corrected chi connectivity index (χ4v) is 1.42. The second kappa shape index (κ2) is 4.30. The van der Waals surface area contributed by atoms with Crippen molar-refractivity contribution in [3.8, 4) is 11.8 Å². The van der Waals surface area contributed by atoms with E-state index < -0.39 is 6.10 Å². The number of nitriles is 1. The van der Waals surface area contributed by atoms with E-state index >= 15 is 0 Å². The van der Waals surface area contributed by atoms with Gasteiger partial charge in [0.1, 0.15) is 18.0 Å². The Morgan fingerprint density at radius 3 is 2.60 bits per heavy atom. The van der Waals surface area contributed by atoms with Gasteiger partial charge >= 0.3 is 0 Å². The first-order valence-corrected chi connectivity index (χ1v) is 4.72. The standard InChI is InChI=1S/C11H11NO3/c12-5-8-1-3-9(4-2-8)15-11-7-14-6-10(11)13/h1-4,10-11,13H,6-7H2/t10-,11+/m0/s1. The van der Waals surface area contributed by atoms with Crippen molar-refractivity contribution in [1.29, 1.82) is 5.26 Å². The Labute approximate surface area is 87.7 Å². The van der Waals surface area contributed by atoms with Crippen LogP contribution in [-0.4, -0.2) is 30.5 Å². The molecule has 0 saturated carbocycles. The summed E-state index contributed by atoms with van der Waals surface area (Å²) in [7, 11) is 0. The van der Waals surface area contributed by atoms with Gasteiger partial charge in [0.25, 0.3) is 0 Å². The zero-order chi connectivity index (χ0) is 10.7. The van der Waals surface area contributed by atoms with Crippen LogP contribution in [0.1, 0.15) is 5.56 Å². The van der Waals surface area contributed by atoms with E-state index in [2.05, 4.69) is 0 Å². The highest BCUT2D eigenvalue weighted by atomic mass is 16.6. The lowest BCUT2D eigenvalue weighted by Gasteiger charge is -2.14. The fraction of sp³-hybridized carbons (Fsp3) is 0.364. The molecule has 2 atom stereocenters. The Morgan fingerprint density at radius 2 is 2.07 bits per heavy atom. The molecule has 0 radical (unpaired) electrons. The first-order chi connectivity index (χ1) is 7.29. The molecular weight excluding hydrogens is 194 g/mol. The highest BCUT2D eigenvalue weighted by molar-refractivity contribution is 5.34. The van der Waals surface area contributed by atoms with Gasteiger partial charge < -0.3 is 14.6 Å². The zero-order valence-corrected chi connectivity index (χ0v) is 8.09. The molecule has 1 heterocycles. The van der Waals surface area contributed by atoms with Crippen LogP contribution in [0, 0.1) is 11.3 Å². The average molecular weight is 205 g/mol. The summed E-state index contributed by atoms with van der Waals surface area (Å²) < 4.78 is 10.6. The maximum atomic E-state index is 9.45. The van der Waals surface area contributed by atoms with Gasteiger partial charge in [0, 0.05) is 0 Å². The Balaban J connectivity index is 2.02. The molecule has 1 aromatic carbocycles. The van der Waals surface area contributed by atoms with Crippen LogP contribution in [0.3, 0.4) is 0 Å². The molecule has 0 unspecified atom stereocenters. The van der Waals surface area contributed by atoms with Gasteiger partial charge in [-0.15, -0.1) is 0 Å². The second-order valence-electron chi connectivity index (χ2n) is 3.40. The van der Waals surface area contributed by atoms with Crippen LogP contribution in [0.15, 0.2) is 24.3 Å². The molecule has 15 heavy (non-hydrogen) atoms. The molecular formula is C11H11NO3. The maximum absolute atomic E-state index is 9.45. The SMILES string of the molecule is N#Cc1ccc(O[C@@H]2COC[C@@H]2O)cc1. The molecule has 1 aliphatic heterocycles. The monoisotopic (exact) mass is 205 g/mol. The van der Waals surface area contributed by atoms with Gasteiger partial charge in [-0.3, -0.25) is 0 Å². The molecule has 4 heteroatoms. The molecule has 0 spiro atoms. The molecule has 0 aromatic heterocycles. The van der Waals surface area contributed by atoms with E-state index in [-0.39, 0.29) is 6.10 Å². The third-order valence-electron chi connectivity index (χ3n) is 2.27. The smallest absolute Gasteiger partial charge is 0.150 e. The van der Waals surface area contributed by atoms with Gasteiger partial charge in [-0.1, -0.05) is 0 Å². The van der Waals surface area contributed by atoms with Crippen LogP contribution in [0.2, 0.25) is 0 Å². The van der Waals surface area contributed by atoms with Gasteiger partial charge in [-0.25, -0.2) is 0 Å². The number of hydrogen-bond acceptors (Lipinski definition) is 4.